The van der Waals surface area contributed by atoms with Crippen molar-refractivity contribution in [2.75, 3.05) is 42.7 Å². The topological polar surface area (TPSA) is 116 Å². The van der Waals surface area contributed by atoms with Crippen LogP contribution in [0.1, 0.15) is 25.0 Å². The number of rotatable bonds is 8. The summed E-state index contributed by atoms with van der Waals surface area (Å²) in [5.41, 5.74) is 2.14. The molecule has 0 saturated carbocycles. The summed E-state index contributed by atoms with van der Waals surface area (Å²) in [4.78, 5) is 25.7. The second kappa shape index (κ2) is 14.5. The first-order chi connectivity index (χ1) is 26.2. The molecule has 0 amide bonds. The maximum Gasteiger partial charge on any atom is 0.344 e. The van der Waals surface area contributed by atoms with Gasteiger partial charge in [-0.25, -0.2) is 9.59 Å². The molecule has 0 radical (unpaired) electrons. The van der Waals surface area contributed by atoms with E-state index < -0.39 is 11.3 Å². The monoisotopic (exact) mass is 728 g/mol. The molecule has 276 valence electrons. The van der Waals surface area contributed by atoms with Gasteiger partial charge in [0, 0.05) is 32.3 Å². The highest BCUT2D eigenvalue weighted by Crippen LogP contribution is 2.44. The molecule has 0 fully saturated rings. The second-order valence-corrected chi connectivity index (χ2v) is 12.6. The average molecular weight is 729 g/mol. The highest BCUT2D eigenvalue weighted by molar-refractivity contribution is 6.20. The van der Waals surface area contributed by atoms with E-state index in [1.165, 1.54) is 0 Å². The fraction of sp³-hybridized carbons (Fsp3) is 0.227. The molecule has 0 aliphatic carbocycles. The number of fused-ring (bicyclic) bond motifs is 10. The molecule has 0 atom stereocenters. The summed E-state index contributed by atoms with van der Waals surface area (Å²) in [6.07, 6.45) is 1.58. The zero-order valence-electron chi connectivity index (χ0n) is 31.4. The number of ether oxygens (including phenoxy) is 6. The first-order valence-corrected chi connectivity index (χ1v) is 17.5. The van der Waals surface area contributed by atoms with Crippen molar-refractivity contribution in [1.29, 1.82) is 0 Å². The summed E-state index contributed by atoms with van der Waals surface area (Å²) in [5, 5.41) is 6.96. The van der Waals surface area contributed by atoms with Crippen LogP contribution in [0, 0.1) is 0 Å². The van der Waals surface area contributed by atoms with Crippen LogP contribution in [-0.2, 0) is 12.8 Å². The molecule has 10 nitrogen and oxygen atoms in total. The number of methoxy groups -OCH3 is 6. The predicted octanol–water partition coefficient (Wildman–Crippen LogP) is 9.38. The SMILES string of the molecule is CCc1cc(OC)c2c(c1)c(=O)oc1c2cc(OC)c2cccc(OC)c21.CCc1cc(OC)c2c(c1)c(=O)oc1c2cc(OC)c2cccc(OC)c21. The van der Waals surface area contributed by atoms with Crippen LogP contribution in [-0.4, -0.2) is 42.7 Å². The lowest BCUT2D eigenvalue weighted by molar-refractivity contribution is 0.414. The van der Waals surface area contributed by atoms with Gasteiger partial charge in [-0.1, -0.05) is 38.1 Å². The van der Waals surface area contributed by atoms with Gasteiger partial charge in [0.15, 0.2) is 11.2 Å². The number of benzene rings is 6. The minimum atomic E-state index is -0.400. The van der Waals surface area contributed by atoms with Gasteiger partial charge in [0.05, 0.1) is 64.2 Å². The Bertz CT molecular complexity index is 2670. The van der Waals surface area contributed by atoms with E-state index in [1.807, 2.05) is 86.6 Å². The van der Waals surface area contributed by atoms with Crippen molar-refractivity contribution in [2.45, 2.75) is 26.7 Å². The minimum Gasteiger partial charge on any atom is -0.496 e. The van der Waals surface area contributed by atoms with Crippen LogP contribution in [0.2, 0.25) is 0 Å². The predicted molar refractivity (Wildman–Crippen MR) is 213 cm³/mol. The highest BCUT2D eigenvalue weighted by atomic mass is 16.5. The Hall–Kier alpha value is -6.42. The molecular weight excluding hydrogens is 688 g/mol. The van der Waals surface area contributed by atoms with Crippen molar-refractivity contribution in [3.05, 3.63) is 105 Å². The Morgan fingerprint density at radius 2 is 0.778 bits per heavy atom. The van der Waals surface area contributed by atoms with Gasteiger partial charge in [0.25, 0.3) is 0 Å². The molecule has 0 N–H and O–H groups in total. The molecule has 8 rings (SSSR count). The normalized spacial score (nSPS) is 11.3. The van der Waals surface area contributed by atoms with Crippen molar-refractivity contribution < 1.29 is 37.3 Å². The third-order valence-electron chi connectivity index (χ3n) is 9.91. The molecule has 0 aliphatic heterocycles. The zero-order valence-corrected chi connectivity index (χ0v) is 31.4. The molecule has 0 spiro atoms. The quantitative estimate of drug-likeness (QED) is 0.111. The summed E-state index contributed by atoms with van der Waals surface area (Å²) in [7, 11) is 9.63. The molecule has 6 aromatic carbocycles. The Morgan fingerprint density at radius 1 is 0.407 bits per heavy atom. The average Bonchev–Trinajstić information content (AvgIpc) is 3.22. The van der Waals surface area contributed by atoms with E-state index in [2.05, 4.69) is 0 Å². The van der Waals surface area contributed by atoms with E-state index in [0.717, 1.165) is 45.5 Å². The maximum atomic E-state index is 12.8. The highest BCUT2D eigenvalue weighted by Gasteiger charge is 2.21. The van der Waals surface area contributed by atoms with E-state index >= 15 is 0 Å². The van der Waals surface area contributed by atoms with Crippen molar-refractivity contribution >= 4 is 65.0 Å². The van der Waals surface area contributed by atoms with Crippen LogP contribution < -0.4 is 39.7 Å². The van der Waals surface area contributed by atoms with Gasteiger partial charge in [-0.05, 0) is 72.5 Å². The molecule has 0 aliphatic rings. The fourth-order valence-electron chi connectivity index (χ4n) is 7.27. The van der Waals surface area contributed by atoms with Crippen molar-refractivity contribution in [2.24, 2.45) is 0 Å². The summed E-state index contributed by atoms with van der Waals surface area (Å²) in [5.74, 6) is 3.85. The molecular formula is C44H40O10. The molecule has 10 heteroatoms. The first-order valence-electron chi connectivity index (χ1n) is 17.5. The molecule has 2 aromatic heterocycles. The van der Waals surface area contributed by atoms with E-state index in [1.54, 1.807) is 42.7 Å². The van der Waals surface area contributed by atoms with Crippen LogP contribution in [0.15, 0.2) is 91.2 Å². The molecule has 0 saturated heterocycles. The summed E-state index contributed by atoms with van der Waals surface area (Å²) >= 11 is 0. The molecule has 8 aromatic rings. The number of hydrogen-bond acceptors (Lipinski definition) is 10. The van der Waals surface area contributed by atoms with Crippen molar-refractivity contribution in [3.63, 3.8) is 0 Å². The lowest BCUT2D eigenvalue weighted by Crippen LogP contribution is -2.03. The maximum absolute atomic E-state index is 12.8. The molecule has 2 heterocycles. The van der Waals surface area contributed by atoms with E-state index in [0.29, 0.717) is 78.0 Å². The zero-order chi connectivity index (χ0) is 38.3. The van der Waals surface area contributed by atoms with Gasteiger partial charge in [-0.2, -0.15) is 0 Å². The third-order valence-corrected chi connectivity index (χ3v) is 9.91. The van der Waals surface area contributed by atoms with Crippen LogP contribution in [0.4, 0.5) is 0 Å². The van der Waals surface area contributed by atoms with Crippen LogP contribution in [0.3, 0.4) is 0 Å². The van der Waals surface area contributed by atoms with E-state index in [9.17, 15) is 9.59 Å². The van der Waals surface area contributed by atoms with Gasteiger partial charge in [0.2, 0.25) is 0 Å². The van der Waals surface area contributed by atoms with Gasteiger partial charge in [0.1, 0.15) is 34.5 Å². The second-order valence-electron chi connectivity index (χ2n) is 12.6. The first kappa shape index (κ1) is 36.0. The summed E-state index contributed by atoms with van der Waals surface area (Å²) in [6.45, 7) is 4.06. The lowest BCUT2D eigenvalue weighted by Gasteiger charge is -2.14. The van der Waals surface area contributed by atoms with Gasteiger partial charge >= 0.3 is 11.3 Å². The Morgan fingerprint density at radius 3 is 1.11 bits per heavy atom. The Labute approximate surface area is 310 Å². The largest absolute Gasteiger partial charge is 0.496 e. The number of hydrogen-bond donors (Lipinski definition) is 0. The van der Waals surface area contributed by atoms with Gasteiger partial charge in [-0.15, -0.1) is 0 Å². The number of aryl methyl sites for hydroxylation is 2. The van der Waals surface area contributed by atoms with Crippen LogP contribution >= 0.6 is 0 Å². The van der Waals surface area contributed by atoms with E-state index in [4.69, 9.17) is 37.3 Å². The fourth-order valence-corrected chi connectivity index (χ4v) is 7.27. The third kappa shape index (κ3) is 5.74. The smallest absolute Gasteiger partial charge is 0.344 e. The summed E-state index contributed by atoms with van der Waals surface area (Å²) in [6, 6.07) is 22.7. The lowest BCUT2D eigenvalue weighted by atomic mass is 9.99. The Balaban J connectivity index is 0.000000167. The van der Waals surface area contributed by atoms with Crippen LogP contribution in [0.5, 0.6) is 34.5 Å². The van der Waals surface area contributed by atoms with Gasteiger partial charge in [-0.3, -0.25) is 0 Å². The van der Waals surface area contributed by atoms with E-state index in [-0.39, 0.29) is 0 Å². The van der Waals surface area contributed by atoms with Crippen LogP contribution in [0.25, 0.3) is 65.0 Å². The van der Waals surface area contributed by atoms with Crippen molar-refractivity contribution in [3.8, 4) is 34.5 Å². The molecule has 54 heavy (non-hydrogen) atoms. The molecule has 0 bridgehead atoms. The summed E-state index contributed by atoms with van der Waals surface area (Å²) < 4.78 is 45.1. The minimum absolute atomic E-state index is 0.400. The van der Waals surface area contributed by atoms with Gasteiger partial charge < -0.3 is 37.3 Å². The standard InChI is InChI=1S/2C22H20O5/c2*1-5-12-9-15-19(18(10-12)26-4)14-11-17(25-3)13-7-6-8-16(24-2)20(13)21(14)27-22(15)23/h2*6-11H,5H2,1-4H3. The van der Waals surface area contributed by atoms with Crippen molar-refractivity contribution in [1.82, 2.24) is 0 Å². The molecule has 0 unspecified atom stereocenters. The Kier molecular flexibility index (Phi) is 9.68.